The molecule has 35 heavy (non-hydrogen) atoms. The number of esters is 2. The largest absolute Gasteiger partial charge is 0.423 e. The van der Waals surface area contributed by atoms with Crippen LogP contribution in [0.25, 0.3) is 0 Å². The highest BCUT2D eigenvalue weighted by molar-refractivity contribution is 5.91. The summed E-state index contributed by atoms with van der Waals surface area (Å²) in [5, 5.41) is 0. The van der Waals surface area contributed by atoms with Crippen molar-refractivity contribution >= 4 is 11.9 Å². The third kappa shape index (κ3) is 5.33. The summed E-state index contributed by atoms with van der Waals surface area (Å²) in [5.74, 6) is 0.324. The average Bonchev–Trinajstić information content (AvgIpc) is 2.87. The van der Waals surface area contributed by atoms with E-state index in [2.05, 4.69) is 13.8 Å². The van der Waals surface area contributed by atoms with Crippen molar-refractivity contribution in [2.75, 3.05) is 0 Å². The molecule has 0 heterocycles. The second kappa shape index (κ2) is 9.98. The van der Waals surface area contributed by atoms with Gasteiger partial charge in [-0.3, -0.25) is 0 Å². The lowest BCUT2D eigenvalue weighted by molar-refractivity contribution is 0.0724. The maximum Gasteiger partial charge on any atom is 0.343 e. The Kier molecular flexibility index (Phi) is 6.83. The molecule has 0 aliphatic carbocycles. The summed E-state index contributed by atoms with van der Waals surface area (Å²) < 4.78 is 11.3. The Bertz CT molecular complexity index is 1250. The number of ether oxygens (including phenoxy) is 2. The quantitative estimate of drug-likeness (QED) is 0.226. The minimum atomic E-state index is -0.378. The van der Waals surface area contributed by atoms with Gasteiger partial charge in [-0.25, -0.2) is 9.59 Å². The smallest absolute Gasteiger partial charge is 0.343 e. The van der Waals surface area contributed by atoms with Crippen LogP contribution < -0.4 is 9.47 Å². The molecule has 176 valence electrons. The van der Waals surface area contributed by atoms with E-state index in [-0.39, 0.29) is 17.4 Å². The normalized spacial score (nSPS) is 11.1. The molecule has 0 radical (unpaired) electrons. The molecule has 0 N–H and O–H groups in total. The molecule has 4 heteroatoms. The van der Waals surface area contributed by atoms with E-state index in [0.717, 1.165) is 22.3 Å². The average molecular weight is 465 g/mol. The summed E-state index contributed by atoms with van der Waals surface area (Å²) >= 11 is 0. The minimum absolute atomic E-state index is 0.320. The molecule has 0 aromatic heterocycles. The van der Waals surface area contributed by atoms with Gasteiger partial charge in [-0.2, -0.15) is 0 Å². The number of hydrogen-bond donors (Lipinski definition) is 0. The summed E-state index contributed by atoms with van der Waals surface area (Å²) in [7, 11) is 0. The van der Waals surface area contributed by atoms with E-state index < -0.39 is 0 Å². The van der Waals surface area contributed by atoms with Crippen molar-refractivity contribution in [2.24, 2.45) is 0 Å². The molecule has 0 amide bonds. The third-order valence-electron chi connectivity index (χ3n) is 6.22. The second-order valence-electron chi connectivity index (χ2n) is 9.10. The zero-order chi connectivity index (χ0) is 25.0. The van der Waals surface area contributed by atoms with Crippen LogP contribution in [0.2, 0.25) is 0 Å². The lowest BCUT2D eigenvalue weighted by atomic mass is 9.77. The van der Waals surface area contributed by atoms with E-state index in [0.29, 0.717) is 22.6 Å². The molecule has 0 atom stereocenters. The van der Waals surface area contributed by atoms with Crippen molar-refractivity contribution in [2.45, 2.75) is 33.1 Å². The van der Waals surface area contributed by atoms with Crippen LogP contribution in [0, 0.1) is 13.8 Å². The summed E-state index contributed by atoms with van der Waals surface area (Å²) in [6, 6.07) is 29.7. The molecule has 4 rings (SSSR count). The van der Waals surface area contributed by atoms with Crippen molar-refractivity contribution in [1.82, 2.24) is 0 Å². The van der Waals surface area contributed by atoms with E-state index in [9.17, 15) is 9.59 Å². The lowest BCUT2D eigenvalue weighted by Crippen LogP contribution is -2.20. The van der Waals surface area contributed by atoms with Crippen molar-refractivity contribution < 1.29 is 19.1 Å². The van der Waals surface area contributed by atoms with Crippen LogP contribution in [0.4, 0.5) is 0 Å². The first-order valence-electron chi connectivity index (χ1n) is 11.5. The minimum Gasteiger partial charge on any atom is -0.423 e. The molecule has 0 aliphatic rings. The van der Waals surface area contributed by atoms with Gasteiger partial charge in [0.05, 0.1) is 11.1 Å². The molecule has 4 nitrogen and oxygen atoms in total. The Hall–Kier alpha value is -4.18. The van der Waals surface area contributed by atoms with Crippen molar-refractivity contribution in [3.8, 4) is 11.5 Å². The molecule has 4 aromatic carbocycles. The van der Waals surface area contributed by atoms with Gasteiger partial charge in [-0.05, 0) is 72.5 Å². The molecule has 0 spiro atoms. The van der Waals surface area contributed by atoms with Crippen LogP contribution in [0.1, 0.15) is 56.8 Å². The molecule has 0 aliphatic heterocycles. The van der Waals surface area contributed by atoms with Crippen molar-refractivity contribution in [3.05, 3.63) is 130 Å². The lowest BCUT2D eigenvalue weighted by Gasteiger charge is -2.27. The third-order valence-corrected chi connectivity index (χ3v) is 6.22. The molecule has 0 unspecified atom stereocenters. The zero-order valence-corrected chi connectivity index (χ0v) is 20.4. The highest BCUT2D eigenvalue weighted by Crippen LogP contribution is 2.36. The highest BCUT2D eigenvalue weighted by Gasteiger charge is 2.25. The number of carbonyl (C=O) groups is 2. The van der Waals surface area contributed by atoms with E-state index >= 15 is 0 Å². The van der Waals surface area contributed by atoms with Gasteiger partial charge in [0.25, 0.3) is 0 Å². The summed E-state index contributed by atoms with van der Waals surface area (Å²) in [6.07, 6.45) is 0. The summed E-state index contributed by atoms with van der Waals surface area (Å²) in [4.78, 5) is 24.9. The standard InChI is InChI=1S/C31H28O4/c1-21-19-25(15-17-27(21)34-29(32)23-11-7-5-8-12-23)31(3,4)26-16-18-28(22(2)20-26)35-30(33)24-13-9-6-10-14-24/h5-20H,1-4H3. The van der Waals surface area contributed by atoms with Gasteiger partial charge in [0, 0.05) is 5.41 Å². The highest BCUT2D eigenvalue weighted by atomic mass is 16.5. The van der Waals surface area contributed by atoms with Gasteiger partial charge in [0.15, 0.2) is 0 Å². The molecular formula is C31H28O4. The van der Waals surface area contributed by atoms with Crippen LogP contribution >= 0.6 is 0 Å². The molecule has 0 fully saturated rings. The Morgan fingerprint density at radius 2 is 0.943 bits per heavy atom. The zero-order valence-electron chi connectivity index (χ0n) is 20.4. The molecule has 0 bridgehead atoms. The number of rotatable bonds is 6. The number of hydrogen-bond acceptors (Lipinski definition) is 4. The van der Waals surface area contributed by atoms with Crippen LogP contribution in [-0.2, 0) is 5.41 Å². The van der Waals surface area contributed by atoms with Gasteiger partial charge in [0.1, 0.15) is 11.5 Å². The number of aryl methyl sites for hydroxylation is 2. The van der Waals surface area contributed by atoms with Crippen molar-refractivity contribution in [1.29, 1.82) is 0 Å². The monoisotopic (exact) mass is 464 g/mol. The maximum absolute atomic E-state index is 12.4. The van der Waals surface area contributed by atoms with Gasteiger partial charge < -0.3 is 9.47 Å². The summed E-state index contributed by atoms with van der Waals surface area (Å²) in [6.45, 7) is 8.15. The Labute approximate surface area is 206 Å². The predicted molar refractivity (Wildman–Crippen MR) is 137 cm³/mol. The van der Waals surface area contributed by atoms with Crippen LogP contribution in [0.3, 0.4) is 0 Å². The van der Waals surface area contributed by atoms with Gasteiger partial charge in [0.2, 0.25) is 0 Å². The van der Waals surface area contributed by atoms with Gasteiger partial charge in [-0.1, -0.05) is 74.5 Å². The molecule has 4 aromatic rings. The fraction of sp³-hybridized carbons (Fsp3) is 0.161. The summed E-state index contributed by atoms with van der Waals surface area (Å²) in [5.41, 5.74) is 4.64. The van der Waals surface area contributed by atoms with E-state index in [1.165, 1.54) is 0 Å². The first-order chi connectivity index (χ1) is 16.8. The first kappa shape index (κ1) is 24.0. The molecular weight excluding hydrogens is 436 g/mol. The first-order valence-corrected chi connectivity index (χ1v) is 11.5. The predicted octanol–water partition coefficient (Wildman–Crippen LogP) is 7.07. The number of carbonyl (C=O) groups excluding carboxylic acids is 2. The van der Waals surface area contributed by atoms with E-state index in [1.807, 2.05) is 86.6 Å². The Morgan fingerprint density at radius 3 is 1.29 bits per heavy atom. The SMILES string of the molecule is Cc1cc(C(C)(C)c2ccc(OC(=O)c3ccccc3)c(C)c2)ccc1OC(=O)c1ccccc1. The Balaban J connectivity index is 1.53. The topological polar surface area (TPSA) is 52.6 Å². The number of benzene rings is 4. The molecule has 0 saturated heterocycles. The van der Waals surface area contributed by atoms with Crippen LogP contribution in [0.5, 0.6) is 11.5 Å². The Morgan fingerprint density at radius 1 is 0.571 bits per heavy atom. The second-order valence-corrected chi connectivity index (χ2v) is 9.10. The van der Waals surface area contributed by atoms with Crippen LogP contribution in [-0.4, -0.2) is 11.9 Å². The maximum atomic E-state index is 12.4. The molecule has 0 saturated carbocycles. The van der Waals surface area contributed by atoms with Crippen LogP contribution in [0.15, 0.2) is 97.1 Å². The van der Waals surface area contributed by atoms with E-state index in [4.69, 9.17) is 9.47 Å². The fourth-order valence-corrected chi connectivity index (χ4v) is 3.94. The van der Waals surface area contributed by atoms with Gasteiger partial charge in [-0.15, -0.1) is 0 Å². The van der Waals surface area contributed by atoms with Crippen molar-refractivity contribution in [3.63, 3.8) is 0 Å². The van der Waals surface area contributed by atoms with E-state index in [1.54, 1.807) is 24.3 Å². The van der Waals surface area contributed by atoms with Gasteiger partial charge >= 0.3 is 11.9 Å². The fourth-order valence-electron chi connectivity index (χ4n) is 3.94.